The Morgan fingerprint density at radius 2 is 1.87 bits per heavy atom. The van der Waals surface area contributed by atoms with Crippen LogP contribution in [0.2, 0.25) is 0 Å². The average Bonchev–Trinajstić information content (AvgIpc) is 2.98. The Balaban J connectivity index is 2.12. The van der Waals surface area contributed by atoms with E-state index in [0.717, 1.165) is 0 Å². The van der Waals surface area contributed by atoms with Gasteiger partial charge in [-0.1, -0.05) is 4.68 Å². The Labute approximate surface area is 160 Å². The second-order valence-corrected chi connectivity index (χ2v) is 6.63. The summed E-state index contributed by atoms with van der Waals surface area (Å²) in [4.78, 5) is 24.0. The maximum absolute atomic E-state index is 12.1. The van der Waals surface area contributed by atoms with E-state index in [-0.39, 0.29) is 6.73 Å². The number of hydrogen-bond acceptors (Lipinski definition) is 5. The average molecular weight is 545 g/mol. The van der Waals surface area contributed by atoms with Crippen LogP contribution in [0.4, 0.5) is 0 Å². The molecule has 0 fully saturated rings. The lowest BCUT2D eigenvalue weighted by Crippen LogP contribution is -2.43. The molecule has 8 nitrogen and oxygen atoms in total. The Morgan fingerprint density at radius 3 is 2.43 bits per heavy atom. The highest BCUT2D eigenvalue weighted by Gasteiger charge is 2.25. The van der Waals surface area contributed by atoms with Gasteiger partial charge in [-0.05, 0) is 52.1 Å². The smallest absolute Gasteiger partial charge is 0.347 e. The third kappa shape index (κ3) is 4.02. The van der Waals surface area contributed by atoms with Gasteiger partial charge in [-0.3, -0.25) is 4.68 Å². The summed E-state index contributed by atoms with van der Waals surface area (Å²) in [7, 11) is 3.50. The normalized spacial score (nSPS) is 10.7. The molecule has 0 unspecified atom stereocenters. The van der Waals surface area contributed by atoms with Gasteiger partial charge < -0.3 is 9.47 Å². The highest BCUT2D eigenvalue weighted by atomic mass is 127. The molecule has 2 aromatic rings. The van der Waals surface area contributed by atoms with Crippen molar-refractivity contribution >= 4 is 57.1 Å². The number of rotatable bonds is 5. The zero-order chi connectivity index (χ0) is 17.1. The summed E-state index contributed by atoms with van der Waals surface area (Å²) in [6.07, 6.45) is 3.20. The molecule has 0 aromatic carbocycles. The monoisotopic (exact) mass is 545 g/mol. The molecular weight excluding hydrogens is 530 g/mol. The predicted octanol–water partition coefficient (Wildman–Crippen LogP) is 1.25. The molecule has 2 heterocycles. The van der Waals surface area contributed by atoms with E-state index < -0.39 is 11.9 Å². The molecule has 0 aliphatic rings. The number of halogens is 2. The second-order valence-electron chi connectivity index (χ2n) is 4.59. The Hall–Kier alpha value is -1.18. The van der Waals surface area contributed by atoms with Crippen LogP contribution in [0, 0.1) is 7.40 Å². The van der Waals surface area contributed by atoms with Crippen molar-refractivity contribution < 1.29 is 23.7 Å². The summed E-state index contributed by atoms with van der Waals surface area (Å²) < 4.78 is 16.5. The van der Waals surface area contributed by atoms with E-state index in [9.17, 15) is 9.59 Å². The molecule has 0 atom stereocenters. The molecule has 2 aromatic heterocycles. The molecule has 0 saturated carbocycles. The number of nitrogens with zero attached hydrogens (tertiary/aromatic N) is 4. The molecule has 10 heteroatoms. The van der Waals surface area contributed by atoms with Gasteiger partial charge in [0.15, 0.2) is 9.26 Å². The number of aromatic nitrogens is 4. The second kappa shape index (κ2) is 7.59. The van der Waals surface area contributed by atoms with Crippen LogP contribution in [0.25, 0.3) is 0 Å². The lowest BCUT2D eigenvalue weighted by Gasteiger charge is -2.00. The Kier molecular flexibility index (Phi) is 6.00. The standard InChI is InChI=1S/C13H15I2N4O4/c1-4-22-13(21)9-6-19(18(3)11(9)15)7-23-12(20)8-5-17(2)16-10(8)14/h5-6H,4,7H2,1-3H3/q+1. The van der Waals surface area contributed by atoms with Crippen LogP contribution < -0.4 is 4.68 Å². The Morgan fingerprint density at radius 1 is 1.22 bits per heavy atom. The van der Waals surface area contributed by atoms with Crippen LogP contribution in [0.5, 0.6) is 0 Å². The maximum atomic E-state index is 12.1. The summed E-state index contributed by atoms with van der Waals surface area (Å²) in [5.74, 6) is -0.872. The summed E-state index contributed by atoms with van der Waals surface area (Å²) >= 11 is 4.02. The number of aryl methyl sites for hydroxylation is 1. The van der Waals surface area contributed by atoms with E-state index in [0.29, 0.717) is 25.1 Å². The molecular formula is C13H15I2N4O4+. The molecule has 0 N–H and O–H groups in total. The van der Waals surface area contributed by atoms with Crippen LogP contribution in [-0.4, -0.2) is 33.0 Å². The molecule has 23 heavy (non-hydrogen) atoms. The van der Waals surface area contributed by atoms with Crippen molar-refractivity contribution in [1.82, 2.24) is 14.5 Å². The van der Waals surface area contributed by atoms with Gasteiger partial charge >= 0.3 is 18.7 Å². The SMILES string of the molecule is CCOC(=O)c1c[n+](COC(=O)c2cn(C)nc2I)n(C)c1I. The first-order valence-corrected chi connectivity index (χ1v) is 8.79. The first-order valence-electron chi connectivity index (χ1n) is 6.63. The highest BCUT2D eigenvalue weighted by molar-refractivity contribution is 14.1. The fraction of sp³-hybridized carbons (Fsp3) is 0.385. The van der Waals surface area contributed by atoms with Gasteiger partial charge in [-0.2, -0.15) is 5.10 Å². The van der Waals surface area contributed by atoms with Crippen LogP contribution >= 0.6 is 45.2 Å². The quantitative estimate of drug-likeness (QED) is 0.322. The fourth-order valence-corrected chi connectivity index (χ4v) is 3.18. The van der Waals surface area contributed by atoms with Gasteiger partial charge in [0.2, 0.25) is 6.20 Å². The van der Waals surface area contributed by atoms with E-state index in [1.807, 2.05) is 45.2 Å². The third-order valence-corrected chi connectivity index (χ3v) is 5.07. The summed E-state index contributed by atoms with van der Waals surface area (Å²) in [6.45, 7) is 2.03. The van der Waals surface area contributed by atoms with Crippen molar-refractivity contribution in [3.05, 3.63) is 30.9 Å². The van der Waals surface area contributed by atoms with Gasteiger partial charge in [0.05, 0.1) is 13.7 Å². The molecule has 0 radical (unpaired) electrons. The molecule has 0 amide bonds. The molecule has 124 valence electrons. The minimum Gasteiger partial charge on any atom is -0.462 e. The van der Waals surface area contributed by atoms with Gasteiger partial charge in [0.25, 0.3) is 0 Å². The first-order chi connectivity index (χ1) is 10.8. The topological polar surface area (TPSA) is 79.2 Å². The van der Waals surface area contributed by atoms with E-state index in [4.69, 9.17) is 9.47 Å². The van der Waals surface area contributed by atoms with Gasteiger partial charge in [0.1, 0.15) is 9.26 Å². The molecule has 0 bridgehead atoms. The molecule has 0 aliphatic heterocycles. The van der Waals surface area contributed by atoms with Crippen LogP contribution in [0.15, 0.2) is 12.4 Å². The lowest BCUT2D eigenvalue weighted by molar-refractivity contribution is -0.799. The number of carbonyl (C=O) groups excluding carboxylic acids is 2. The summed E-state index contributed by atoms with van der Waals surface area (Å²) in [5, 5.41) is 4.09. The molecule has 2 rings (SSSR count). The molecule has 0 aliphatic carbocycles. The summed E-state index contributed by atoms with van der Waals surface area (Å²) in [6, 6.07) is 0. The zero-order valence-electron chi connectivity index (χ0n) is 12.7. The first kappa shape index (κ1) is 18.2. The largest absolute Gasteiger partial charge is 0.462 e. The van der Waals surface area contributed by atoms with E-state index in [2.05, 4.69) is 5.10 Å². The van der Waals surface area contributed by atoms with Crippen molar-refractivity contribution in [3.8, 4) is 0 Å². The van der Waals surface area contributed by atoms with E-state index in [1.54, 1.807) is 47.5 Å². The van der Waals surface area contributed by atoms with Crippen molar-refractivity contribution in [2.75, 3.05) is 6.61 Å². The Bertz CT molecular complexity index is 753. The minimum atomic E-state index is -0.469. The van der Waals surface area contributed by atoms with Crippen LogP contribution in [0.3, 0.4) is 0 Å². The third-order valence-electron chi connectivity index (χ3n) is 3.00. The summed E-state index contributed by atoms with van der Waals surface area (Å²) in [5.41, 5.74) is 0.838. The fourth-order valence-electron chi connectivity index (χ4n) is 1.85. The van der Waals surface area contributed by atoms with Gasteiger partial charge in [-0.25, -0.2) is 9.59 Å². The number of carbonyl (C=O) groups is 2. The van der Waals surface area contributed by atoms with Crippen molar-refractivity contribution in [3.63, 3.8) is 0 Å². The molecule has 0 saturated heterocycles. The van der Waals surface area contributed by atoms with Crippen LogP contribution in [0.1, 0.15) is 27.6 Å². The maximum Gasteiger partial charge on any atom is 0.347 e. The number of esters is 2. The van der Waals surface area contributed by atoms with Gasteiger partial charge in [-0.15, -0.1) is 4.68 Å². The van der Waals surface area contributed by atoms with Crippen molar-refractivity contribution in [2.45, 2.75) is 13.7 Å². The minimum absolute atomic E-state index is 0.0181. The van der Waals surface area contributed by atoms with Crippen molar-refractivity contribution in [2.24, 2.45) is 14.1 Å². The van der Waals surface area contributed by atoms with Crippen LogP contribution in [-0.2, 0) is 30.3 Å². The van der Waals surface area contributed by atoms with Crippen molar-refractivity contribution in [1.29, 1.82) is 0 Å². The zero-order valence-corrected chi connectivity index (χ0v) is 17.1. The highest BCUT2D eigenvalue weighted by Crippen LogP contribution is 2.12. The predicted molar refractivity (Wildman–Crippen MR) is 95.6 cm³/mol. The molecule has 0 spiro atoms. The van der Waals surface area contributed by atoms with Gasteiger partial charge in [0, 0.05) is 13.2 Å². The van der Waals surface area contributed by atoms with E-state index in [1.165, 1.54) is 0 Å². The number of hydrogen-bond donors (Lipinski definition) is 0. The van der Waals surface area contributed by atoms with E-state index >= 15 is 0 Å². The lowest BCUT2D eigenvalue weighted by atomic mass is 10.4. The number of ether oxygens (including phenoxy) is 2.